The molecular formula is C57H96O6. The number of rotatable bonds is 46. The van der Waals surface area contributed by atoms with Crippen LogP contribution in [0.15, 0.2) is 85.1 Å². The van der Waals surface area contributed by atoms with Crippen LogP contribution < -0.4 is 0 Å². The summed E-state index contributed by atoms with van der Waals surface area (Å²) in [6.07, 6.45) is 65.8. The molecule has 0 bridgehead atoms. The topological polar surface area (TPSA) is 78.9 Å². The van der Waals surface area contributed by atoms with Gasteiger partial charge in [0.15, 0.2) is 6.10 Å². The second-order valence-electron chi connectivity index (χ2n) is 17.0. The van der Waals surface area contributed by atoms with Crippen LogP contribution in [0.4, 0.5) is 0 Å². The minimum absolute atomic E-state index is 0.114. The zero-order valence-corrected chi connectivity index (χ0v) is 41.1. The molecule has 0 N–H and O–H groups in total. The largest absolute Gasteiger partial charge is 0.462 e. The molecule has 0 heterocycles. The Morgan fingerprint density at radius 2 is 0.651 bits per heavy atom. The van der Waals surface area contributed by atoms with Crippen molar-refractivity contribution in [2.45, 2.75) is 245 Å². The Balaban J connectivity index is 4.51. The first kappa shape index (κ1) is 59.6. The maximum absolute atomic E-state index is 12.8. The molecule has 0 amide bonds. The van der Waals surface area contributed by atoms with Crippen molar-refractivity contribution < 1.29 is 28.6 Å². The lowest BCUT2D eigenvalue weighted by Crippen LogP contribution is -2.30. The summed E-state index contributed by atoms with van der Waals surface area (Å²) in [6, 6.07) is 0. The Kier molecular flexibility index (Phi) is 48.5. The van der Waals surface area contributed by atoms with Gasteiger partial charge in [0.05, 0.1) is 0 Å². The van der Waals surface area contributed by atoms with Crippen molar-refractivity contribution in [1.82, 2.24) is 0 Å². The molecule has 0 radical (unpaired) electrons. The van der Waals surface area contributed by atoms with E-state index in [9.17, 15) is 14.4 Å². The Bertz CT molecular complexity index is 1240. The summed E-state index contributed by atoms with van der Waals surface area (Å²) in [7, 11) is 0. The monoisotopic (exact) mass is 877 g/mol. The third kappa shape index (κ3) is 49.5. The predicted molar refractivity (Wildman–Crippen MR) is 270 cm³/mol. The van der Waals surface area contributed by atoms with Crippen molar-refractivity contribution in [1.29, 1.82) is 0 Å². The first-order valence-electron chi connectivity index (χ1n) is 26.1. The molecule has 0 saturated carbocycles. The second-order valence-corrected chi connectivity index (χ2v) is 17.0. The quantitative estimate of drug-likeness (QED) is 0.0262. The van der Waals surface area contributed by atoms with Gasteiger partial charge in [-0.05, 0) is 103 Å². The summed E-state index contributed by atoms with van der Waals surface area (Å²) < 4.78 is 16.7. The molecule has 1 atom stereocenters. The van der Waals surface area contributed by atoms with E-state index in [1.807, 2.05) is 6.08 Å². The van der Waals surface area contributed by atoms with Crippen LogP contribution in [0.2, 0.25) is 0 Å². The van der Waals surface area contributed by atoms with Crippen LogP contribution in [-0.4, -0.2) is 37.2 Å². The molecule has 0 saturated heterocycles. The molecule has 0 aliphatic carbocycles. The number of hydrogen-bond acceptors (Lipinski definition) is 6. The number of esters is 3. The summed E-state index contributed by atoms with van der Waals surface area (Å²) in [5, 5.41) is 0. The third-order valence-electron chi connectivity index (χ3n) is 10.9. The average molecular weight is 877 g/mol. The highest BCUT2D eigenvalue weighted by Gasteiger charge is 2.19. The van der Waals surface area contributed by atoms with E-state index < -0.39 is 6.10 Å². The van der Waals surface area contributed by atoms with E-state index in [0.29, 0.717) is 19.3 Å². The van der Waals surface area contributed by atoms with Crippen LogP contribution >= 0.6 is 0 Å². The van der Waals surface area contributed by atoms with Gasteiger partial charge < -0.3 is 14.2 Å². The molecule has 1 unspecified atom stereocenters. The summed E-state index contributed by atoms with van der Waals surface area (Å²) in [4.78, 5) is 37.9. The Hall–Kier alpha value is -3.41. The lowest BCUT2D eigenvalue weighted by Gasteiger charge is -2.18. The van der Waals surface area contributed by atoms with Gasteiger partial charge in [0.1, 0.15) is 13.2 Å². The van der Waals surface area contributed by atoms with Gasteiger partial charge in [0.25, 0.3) is 0 Å². The van der Waals surface area contributed by atoms with Crippen LogP contribution in [0.25, 0.3) is 0 Å². The van der Waals surface area contributed by atoms with E-state index >= 15 is 0 Å². The van der Waals surface area contributed by atoms with Gasteiger partial charge in [-0.1, -0.05) is 202 Å². The molecule has 0 aromatic rings. The molecule has 6 nitrogen and oxygen atoms in total. The molecule has 63 heavy (non-hydrogen) atoms. The summed E-state index contributed by atoms with van der Waals surface area (Å²) in [5.41, 5.74) is 0. The number of carbonyl (C=O) groups excluding carboxylic acids is 3. The minimum Gasteiger partial charge on any atom is -0.462 e. The van der Waals surface area contributed by atoms with Gasteiger partial charge in [-0.3, -0.25) is 14.4 Å². The van der Waals surface area contributed by atoms with Crippen LogP contribution in [0.3, 0.4) is 0 Å². The van der Waals surface area contributed by atoms with Crippen molar-refractivity contribution in [3.8, 4) is 0 Å². The molecule has 0 aromatic heterocycles. The number of carbonyl (C=O) groups is 3. The Morgan fingerprint density at radius 3 is 1.10 bits per heavy atom. The highest BCUT2D eigenvalue weighted by Crippen LogP contribution is 2.13. The van der Waals surface area contributed by atoms with E-state index in [0.717, 1.165) is 96.3 Å². The Morgan fingerprint density at radius 1 is 0.333 bits per heavy atom. The molecule has 0 aromatic carbocycles. The standard InChI is InChI=1S/C57H96O6/c1-4-7-10-13-16-19-22-25-27-29-32-35-38-41-44-47-50-56(59)62-53-54(52-61-55(58)49-46-43-40-37-34-31-24-21-18-15-12-9-6-3)63-57(60)51-48-45-42-39-36-33-30-28-26-23-20-17-14-11-8-5-2/h7,10,16,19,25,27-28,30-32,34-35,40,43,54H,4-6,8-9,11-15,17-18,20-24,26,29,33,36-39,41-42,44-53H2,1-3H3/b10-7-,19-16-,27-25-,30-28-,34-31-,35-32-,43-40-. The van der Waals surface area contributed by atoms with Crippen molar-refractivity contribution in [3.63, 3.8) is 0 Å². The van der Waals surface area contributed by atoms with Gasteiger partial charge in [-0.25, -0.2) is 0 Å². The van der Waals surface area contributed by atoms with Gasteiger partial charge in [-0.15, -0.1) is 0 Å². The maximum atomic E-state index is 12.8. The van der Waals surface area contributed by atoms with Gasteiger partial charge in [0, 0.05) is 19.3 Å². The Labute approximate surface area is 388 Å². The van der Waals surface area contributed by atoms with Crippen molar-refractivity contribution in [2.75, 3.05) is 13.2 Å². The lowest BCUT2D eigenvalue weighted by atomic mass is 10.1. The average Bonchev–Trinajstić information content (AvgIpc) is 3.28. The number of unbranched alkanes of at least 4 members (excludes halogenated alkanes) is 21. The van der Waals surface area contributed by atoms with E-state index in [1.54, 1.807) is 0 Å². The highest BCUT2D eigenvalue weighted by molar-refractivity contribution is 5.71. The first-order valence-corrected chi connectivity index (χ1v) is 26.1. The molecule has 6 heteroatoms. The highest BCUT2D eigenvalue weighted by atomic mass is 16.6. The molecule has 360 valence electrons. The molecule has 0 spiro atoms. The molecular weight excluding hydrogens is 781 g/mol. The van der Waals surface area contributed by atoms with Gasteiger partial charge in [-0.2, -0.15) is 0 Å². The SMILES string of the molecule is CC/C=C\C/C=C\C/C=C\C/C=C\CCCCCC(=O)OCC(COC(=O)CC/C=C\C/C=C\CCCCCCCC)OC(=O)CCCCCCC/C=C\CCCCCCCCC. The lowest BCUT2D eigenvalue weighted by molar-refractivity contribution is -0.166. The van der Waals surface area contributed by atoms with E-state index in [1.165, 1.54) is 96.3 Å². The van der Waals surface area contributed by atoms with E-state index in [2.05, 4.69) is 99.8 Å². The van der Waals surface area contributed by atoms with E-state index in [-0.39, 0.29) is 37.5 Å². The van der Waals surface area contributed by atoms with Crippen LogP contribution in [0, 0.1) is 0 Å². The zero-order chi connectivity index (χ0) is 45.8. The fourth-order valence-corrected chi connectivity index (χ4v) is 6.95. The number of ether oxygens (including phenoxy) is 3. The van der Waals surface area contributed by atoms with Gasteiger partial charge >= 0.3 is 17.9 Å². The number of allylic oxidation sites excluding steroid dienone is 14. The maximum Gasteiger partial charge on any atom is 0.306 e. The van der Waals surface area contributed by atoms with E-state index in [4.69, 9.17) is 14.2 Å². The second kappa shape index (κ2) is 51.2. The summed E-state index contributed by atoms with van der Waals surface area (Å²) in [6.45, 7) is 6.42. The normalized spacial score (nSPS) is 12.7. The molecule has 0 aliphatic rings. The van der Waals surface area contributed by atoms with Crippen LogP contribution in [0.5, 0.6) is 0 Å². The van der Waals surface area contributed by atoms with Crippen molar-refractivity contribution in [3.05, 3.63) is 85.1 Å². The van der Waals surface area contributed by atoms with Gasteiger partial charge in [0.2, 0.25) is 0 Å². The van der Waals surface area contributed by atoms with Crippen molar-refractivity contribution in [2.24, 2.45) is 0 Å². The van der Waals surface area contributed by atoms with Crippen molar-refractivity contribution >= 4 is 17.9 Å². The number of hydrogen-bond donors (Lipinski definition) is 0. The molecule has 0 rings (SSSR count). The third-order valence-corrected chi connectivity index (χ3v) is 10.9. The fraction of sp³-hybridized carbons (Fsp3) is 0.702. The fourth-order valence-electron chi connectivity index (χ4n) is 6.95. The molecule has 0 fully saturated rings. The van der Waals surface area contributed by atoms with Crippen LogP contribution in [-0.2, 0) is 28.6 Å². The smallest absolute Gasteiger partial charge is 0.306 e. The minimum atomic E-state index is -0.816. The predicted octanol–water partition coefficient (Wildman–Crippen LogP) is 17.2. The molecule has 0 aliphatic heterocycles. The van der Waals surface area contributed by atoms with Crippen LogP contribution in [0.1, 0.15) is 239 Å². The summed E-state index contributed by atoms with van der Waals surface area (Å²) in [5.74, 6) is -1.02. The zero-order valence-electron chi connectivity index (χ0n) is 41.1. The first-order chi connectivity index (χ1) is 31.0. The summed E-state index contributed by atoms with van der Waals surface area (Å²) >= 11 is 0.